The number of hydrogen-bond acceptors (Lipinski definition) is 4. The van der Waals surface area contributed by atoms with Gasteiger partial charge in [0.25, 0.3) is 0 Å². The van der Waals surface area contributed by atoms with E-state index in [2.05, 4.69) is 26.1 Å². The molecule has 5 heteroatoms. The number of rotatable bonds is 2. The first-order valence-corrected chi connectivity index (χ1v) is 5.77. The maximum Gasteiger partial charge on any atom is 0.340 e. The van der Waals surface area contributed by atoms with Crippen LogP contribution in [0.5, 0.6) is 0 Å². The Bertz CT molecular complexity index is 542. The number of carbonyl (C=O) groups is 1. The molecule has 2 aromatic rings. The number of alkyl halides is 1. The highest BCUT2D eigenvalue weighted by molar-refractivity contribution is 9.08. The summed E-state index contributed by atoms with van der Waals surface area (Å²) in [4.78, 5) is 11.5. The third kappa shape index (κ3) is 1.78. The van der Waals surface area contributed by atoms with Crippen LogP contribution in [0.1, 0.15) is 15.9 Å². The Morgan fingerprint density at radius 3 is 3.00 bits per heavy atom. The van der Waals surface area contributed by atoms with Gasteiger partial charge in [-0.25, -0.2) is 4.79 Å². The second-order valence-corrected chi connectivity index (χ2v) is 3.76. The summed E-state index contributed by atoms with van der Waals surface area (Å²) in [7, 11) is 1.35. The van der Waals surface area contributed by atoms with E-state index in [1.165, 1.54) is 13.3 Å². The molecule has 0 bridgehead atoms. The molecule has 0 aliphatic heterocycles. The van der Waals surface area contributed by atoms with Crippen molar-refractivity contribution in [2.24, 2.45) is 0 Å². The van der Waals surface area contributed by atoms with Crippen LogP contribution in [-0.4, -0.2) is 23.3 Å². The van der Waals surface area contributed by atoms with Crippen molar-refractivity contribution in [1.29, 1.82) is 0 Å². The molecule has 0 amide bonds. The Hall–Kier alpha value is -1.49. The molecule has 0 radical (unpaired) electrons. The molecule has 1 heterocycles. The normalized spacial score (nSPS) is 10.4. The van der Waals surface area contributed by atoms with Gasteiger partial charge in [0.1, 0.15) is 0 Å². The standard InChI is InChI=1S/C11H9BrN2O2/c1-16-11(15)9-6-13-14-10-7(5-12)3-2-4-8(9)10/h2-4,6H,5H2,1H3. The molecule has 0 N–H and O–H groups in total. The van der Waals surface area contributed by atoms with Crippen molar-refractivity contribution in [3.05, 3.63) is 35.5 Å². The number of methoxy groups -OCH3 is 1. The smallest absolute Gasteiger partial charge is 0.340 e. The fourth-order valence-electron chi connectivity index (χ4n) is 1.52. The Kier molecular flexibility index (Phi) is 3.14. The molecule has 2 rings (SSSR count). The summed E-state index contributed by atoms with van der Waals surface area (Å²) in [6.07, 6.45) is 1.42. The Balaban J connectivity index is 2.73. The molecule has 0 saturated carbocycles. The number of fused-ring (bicyclic) bond motifs is 1. The second kappa shape index (κ2) is 4.57. The zero-order valence-electron chi connectivity index (χ0n) is 8.61. The molecule has 1 aromatic heterocycles. The third-order valence-electron chi connectivity index (χ3n) is 2.30. The molecule has 1 aromatic carbocycles. The van der Waals surface area contributed by atoms with Crippen molar-refractivity contribution in [2.45, 2.75) is 5.33 Å². The number of carbonyl (C=O) groups excluding carboxylic acids is 1. The molecule has 0 fully saturated rings. The van der Waals surface area contributed by atoms with E-state index in [-0.39, 0.29) is 0 Å². The van der Waals surface area contributed by atoms with Gasteiger partial charge in [0.2, 0.25) is 0 Å². The quantitative estimate of drug-likeness (QED) is 0.626. The molecule has 0 aliphatic carbocycles. The van der Waals surface area contributed by atoms with Gasteiger partial charge in [-0.1, -0.05) is 34.1 Å². The Morgan fingerprint density at radius 1 is 1.50 bits per heavy atom. The number of hydrogen-bond donors (Lipinski definition) is 0. The lowest BCUT2D eigenvalue weighted by Crippen LogP contribution is -2.04. The minimum absolute atomic E-state index is 0.397. The lowest BCUT2D eigenvalue weighted by molar-refractivity contribution is 0.0602. The molecular weight excluding hydrogens is 272 g/mol. The molecule has 0 unspecified atom stereocenters. The lowest BCUT2D eigenvalue weighted by atomic mass is 10.1. The molecule has 82 valence electrons. The van der Waals surface area contributed by atoms with Crippen LogP contribution < -0.4 is 0 Å². The number of ether oxygens (including phenoxy) is 1. The number of halogens is 1. The number of esters is 1. The summed E-state index contributed by atoms with van der Waals surface area (Å²) in [6, 6.07) is 5.66. The molecule has 0 aliphatic rings. The van der Waals surface area contributed by atoms with E-state index < -0.39 is 5.97 Å². The number of benzene rings is 1. The summed E-state index contributed by atoms with van der Waals surface area (Å²) >= 11 is 3.37. The molecule has 0 spiro atoms. The average Bonchev–Trinajstić information content (AvgIpc) is 2.36. The van der Waals surface area contributed by atoms with Gasteiger partial charge in [-0.05, 0) is 5.56 Å². The summed E-state index contributed by atoms with van der Waals surface area (Å²) in [5, 5.41) is 9.29. The Morgan fingerprint density at radius 2 is 2.31 bits per heavy atom. The second-order valence-electron chi connectivity index (χ2n) is 3.20. The topological polar surface area (TPSA) is 52.1 Å². The highest BCUT2D eigenvalue weighted by Gasteiger charge is 2.12. The third-order valence-corrected chi connectivity index (χ3v) is 2.91. The van der Waals surface area contributed by atoms with Crippen molar-refractivity contribution in [1.82, 2.24) is 10.2 Å². The molecule has 16 heavy (non-hydrogen) atoms. The van der Waals surface area contributed by atoms with Gasteiger partial charge in [0.05, 0.1) is 24.4 Å². The minimum Gasteiger partial charge on any atom is -0.465 e. The Labute approximate surface area is 101 Å². The van der Waals surface area contributed by atoms with Crippen LogP contribution in [0.2, 0.25) is 0 Å². The summed E-state index contributed by atoms with van der Waals surface area (Å²) < 4.78 is 4.70. The van der Waals surface area contributed by atoms with Gasteiger partial charge in [0.15, 0.2) is 0 Å². The van der Waals surface area contributed by atoms with Gasteiger partial charge in [0, 0.05) is 10.7 Å². The van der Waals surface area contributed by atoms with Gasteiger partial charge in [-0.2, -0.15) is 10.2 Å². The van der Waals surface area contributed by atoms with E-state index in [0.717, 1.165) is 16.5 Å². The maximum atomic E-state index is 11.5. The molecule has 0 atom stereocenters. The summed E-state index contributed by atoms with van der Waals surface area (Å²) in [5.41, 5.74) is 2.16. The fraction of sp³-hybridized carbons (Fsp3) is 0.182. The van der Waals surface area contributed by atoms with Crippen LogP contribution in [0.25, 0.3) is 10.9 Å². The SMILES string of the molecule is COC(=O)c1cnnc2c(CBr)cccc12. The van der Waals surface area contributed by atoms with Crippen LogP contribution in [0.3, 0.4) is 0 Å². The highest BCUT2D eigenvalue weighted by Crippen LogP contribution is 2.21. The molecular formula is C11H9BrN2O2. The van der Waals surface area contributed by atoms with Crippen LogP contribution in [0.4, 0.5) is 0 Å². The van der Waals surface area contributed by atoms with Crippen LogP contribution in [0.15, 0.2) is 24.4 Å². The van der Waals surface area contributed by atoms with Crippen molar-refractivity contribution < 1.29 is 9.53 Å². The van der Waals surface area contributed by atoms with E-state index in [4.69, 9.17) is 4.74 Å². The monoisotopic (exact) mass is 280 g/mol. The maximum absolute atomic E-state index is 11.5. The highest BCUT2D eigenvalue weighted by atomic mass is 79.9. The van der Waals surface area contributed by atoms with E-state index in [1.54, 1.807) is 0 Å². The van der Waals surface area contributed by atoms with Crippen molar-refractivity contribution in [2.75, 3.05) is 7.11 Å². The van der Waals surface area contributed by atoms with Crippen molar-refractivity contribution in [3.8, 4) is 0 Å². The predicted molar refractivity (Wildman–Crippen MR) is 63.5 cm³/mol. The first-order valence-electron chi connectivity index (χ1n) is 4.65. The summed E-state index contributed by atoms with van der Waals surface area (Å²) in [5.74, 6) is -0.397. The lowest BCUT2D eigenvalue weighted by Gasteiger charge is -2.05. The van der Waals surface area contributed by atoms with Gasteiger partial charge < -0.3 is 4.74 Å². The summed E-state index contributed by atoms with van der Waals surface area (Å²) in [6.45, 7) is 0. The van der Waals surface area contributed by atoms with E-state index in [1.807, 2.05) is 18.2 Å². The average molecular weight is 281 g/mol. The number of aromatic nitrogens is 2. The van der Waals surface area contributed by atoms with E-state index in [9.17, 15) is 4.79 Å². The van der Waals surface area contributed by atoms with Crippen LogP contribution >= 0.6 is 15.9 Å². The van der Waals surface area contributed by atoms with Gasteiger partial charge >= 0.3 is 5.97 Å². The molecule has 0 saturated heterocycles. The number of nitrogens with zero attached hydrogens (tertiary/aromatic N) is 2. The van der Waals surface area contributed by atoms with E-state index in [0.29, 0.717) is 10.9 Å². The molecule has 4 nitrogen and oxygen atoms in total. The zero-order chi connectivity index (χ0) is 11.5. The van der Waals surface area contributed by atoms with Crippen LogP contribution in [0, 0.1) is 0 Å². The largest absolute Gasteiger partial charge is 0.465 e. The zero-order valence-corrected chi connectivity index (χ0v) is 10.2. The predicted octanol–water partition coefficient (Wildman–Crippen LogP) is 2.31. The van der Waals surface area contributed by atoms with Gasteiger partial charge in [-0.3, -0.25) is 0 Å². The van der Waals surface area contributed by atoms with Crippen LogP contribution in [-0.2, 0) is 10.1 Å². The first kappa shape index (κ1) is 11.0. The minimum atomic E-state index is -0.397. The van der Waals surface area contributed by atoms with Crippen molar-refractivity contribution in [3.63, 3.8) is 0 Å². The van der Waals surface area contributed by atoms with E-state index >= 15 is 0 Å². The fourth-order valence-corrected chi connectivity index (χ4v) is 1.97. The van der Waals surface area contributed by atoms with Crippen molar-refractivity contribution >= 4 is 32.8 Å². The first-order chi connectivity index (χ1) is 7.77. The van der Waals surface area contributed by atoms with Gasteiger partial charge in [-0.15, -0.1) is 0 Å².